The van der Waals surface area contributed by atoms with E-state index >= 15 is 0 Å². The Hall–Kier alpha value is -0.370. The highest BCUT2D eigenvalue weighted by Gasteiger charge is 2.29. The van der Waals surface area contributed by atoms with Crippen LogP contribution < -0.4 is 5.32 Å². The summed E-state index contributed by atoms with van der Waals surface area (Å²) in [6.45, 7) is 8.42. The molecule has 1 N–H and O–H groups in total. The topological polar surface area (TPSA) is 29.1 Å². The van der Waals surface area contributed by atoms with Crippen LogP contribution >= 0.6 is 0 Å². The SMILES string of the molecule is CC.CCC1(NCC(C)=O)CCCCC1. The zero-order valence-corrected chi connectivity index (χ0v) is 10.9. The average Bonchev–Trinajstić information content (AvgIpc) is 2.30. The van der Waals surface area contributed by atoms with E-state index in [1.807, 2.05) is 13.8 Å². The number of nitrogens with one attached hydrogen (secondary N) is 1. The van der Waals surface area contributed by atoms with Gasteiger partial charge in [0.1, 0.15) is 5.78 Å². The van der Waals surface area contributed by atoms with Gasteiger partial charge in [0.15, 0.2) is 0 Å². The fourth-order valence-electron chi connectivity index (χ4n) is 2.20. The van der Waals surface area contributed by atoms with Gasteiger partial charge in [0.25, 0.3) is 0 Å². The van der Waals surface area contributed by atoms with Gasteiger partial charge < -0.3 is 5.32 Å². The molecule has 0 radical (unpaired) electrons. The summed E-state index contributed by atoms with van der Waals surface area (Å²) in [7, 11) is 0. The number of carbonyl (C=O) groups excluding carboxylic acids is 1. The second kappa shape index (κ2) is 7.86. The van der Waals surface area contributed by atoms with Crippen LogP contribution in [0.5, 0.6) is 0 Å². The quantitative estimate of drug-likeness (QED) is 0.776. The van der Waals surface area contributed by atoms with Crippen molar-refractivity contribution < 1.29 is 4.79 Å². The summed E-state index contributed by atoms with van der Waals surface area (Å²) in [4.78, 5) is 10.9. The smallest absolute Gasteiger partial charge is 0.143 e. The molecule has 1 fully saturated rings. The highest BCUT2D eigenvalue weighted by Crippen LogP contribution is 2.30. The number of Topliss-reactive ketones (excluding diaryl/α,β-unsaturated/α-hetero) is 1. The maximum Gasteiger partial charge on any atom is 0.143 e. The molecule has 0 aromatic rings. The molecule has 0 amide bonds. The zero-order chi connectivity index (χ0) is 11.7. The number of rotatable bonds is 4. The van der Waals surface area contributed by atoms with E-state index in [0.717, 1.165) is 6.42 Å². The van der Waals surface area contributed by atoms with Gasteiger partial charge in [-0.15, -0.1) is 0 Å². The lowest BCUT2D eigenvalue weighted by atomic mass is 9.80. The van der Waals surface area contributed by atoms with Gasteiger partial charge in [0, 0.05) is 5.54 Å². The van der Waals surface area contributed by atoms with Gasteiger partial charge in [-0.1, -0.05) is 40.0 Å². The van der Waals surface area contributed by atoms with Crippen molar-refractivity contribution in [3.05, 3.63) is 0 Å². The second-order valence-corrected chi connectivity index (χ2v) is 4.25. The van der Waals surface area contributed by atoms with Crippen LogP contribution in [0.1, 0.15) is 66.2 Å². The summed E-state index contributed by atoms with van der Waals surface area (Å²) in [6.07, 6.45) is 7.65. The van der Waals surface area contributed by atoms with Crippen molar-refractivity contribution in [2.45, 2.75) is 71.8 Å². The van der Waals surface area contributed by atoms with Gasteiger partial charge in [0.05, 0.1) is 6.54 Å². The molecule has 0 aliphatic heterocycles. The number of hydrogen-bond donors (Lipinski definition) is 1. The summed E-state index contributed by atoms with van der Waals surface area (Å²) < 4.78 is 0. The van der Waals surface area contributed by atoms with E-state index in [-0.39, 0.29) is 11.3 Å². The summed E-state index contributed by atoms with van der Waals surface area (Å²) >= 11 is 0. The summed E-state index contributed by atoms with van der Waals surface area (Å²) in [6, 6.07) is 0. The lowest BCUT2D eigenvalue weighted by Crippen LogP contribution is -2.47. The third-order valence-electron chi connectivity index (χ3n) is 3.20. The molecule has 90 valence electrons. The first-order valence-corrected chi connectivity index (χ1v) is 6.43. The second-order valence-electron chi connectivity index (χ2n) is 4.25. The Balaban J connectivity index is 0.000000921. The van der Waals surface area contributed by atoms with Crippen LogP contribution in [0.25, 0.3) is 0 Å². The minimum absolute atomic E-state index is 0.249. The number of carbonyl (C=O) groups is 1. The first-order valence-electron chi connectivity index (χ1n) is 6.43. The third-order valence-corrected chi connectivity index (χ3v) is 3.20. The molecule has 1 aliphatic carbocycles. The van der Waals surface area contributed by atoms with E-state index in [2.05, 4.69) is 12.2 Å². The van der Waals surface area contributed by atoms with Crippen LogP contribution in [0, 0.1) is 0 Å². The molecule has 0 aromatic heterocycles. The Morgan fingerprint density at radius 3 is 2.13 bits per heavy atom. The van der Waals surface area contributed by atoms with Crippen molar-refractivity contribution in [3.63, 3.8) is 0 Å². The van der Waals surface area contributed by atoms with Gasteiger partial charge in [-0.2, -0.15) is 0 Å². The van der Waals surface area contributed by atoms with Crippen LogP contribution in [-0.4, -0.2) is 17.9 Å². The maximum absolute atomic E-state index is 10.9. The first kappa shape index (κ1) is 14.6. The molecule has 1 rings (SSSR count). The molecule has 2 nitrogen and oxygen atoms in total. The highest BCUT2D eigenvalue weighted by molar-refractivity contribution is 5.77. The van der Waals surface area contributed by atoms with Gasteiger partial charge in [0.2, 0.25) is 0 Å². The molecule has 1 aliphatic rings. The molecule has 0 heterocycles. The van der Waals surface area contributed by atoms with Gasteiger partial charge >= 0.3 is 0 Å². The monoisotopic (exact) mass is 213 g/mol. The molecule has 1 saturated carbocycles. The zero-order valence-electron chi connectivity index (χ0n) is 10.9. The van der Waals surface area contributed by atoms with E-state index < -0.39 is 0 Å². The van der Waals surface area contributed by atoms with Gasteiger partial charge in [-0.3, -0.25) is 4.79 Å². The van der Waals surface area contributed by atoms with Crippen molar-refractivity contribution in [3.8, 4) is 0 Å². The van der Waals surface area contributed by atoms with E-state index in [1.165, 1.54) is 32.1 Å². The molecule has 0 unspecified atom stereocenters. The Morgan fingerprint density at radius 1 is 1.20 bits per heavy atom. The minimum atomic E-state index is 0.249. The van der Waals surface area contributed by atoms with E-state index in [1.54, 1.807) is 6.92 Å². The van der Waals surface area contributed by atoms with Crippen molar-refractivity contribution >= 4 is 5.78 Å². The average molecular weight is 213 g/mol. The Kier molecular flexibility index (Phi) is 7.67. The van der Waals surface area contributed by atoms with E-state index in [9.17, 15) is 4.79 Å². The van der Waals surface area contributed by atoms with E-state index in [4.69, 9.17) is 0 Å². The van der Waals surface area contributed by atoms with Crippen molar-refractivity contribution in [1.82, 2.24) is 5.32 Å². The van der Waals surface area contributed by atoms with Crippen molar-refractivity contribution in [1.29, 1.82) is 0 Å². The highest BCUT2D eigenvalue weighted by atomic mass is 16.1. The van der Waals surface area contributed by atoms with Gasteiger partial charge in [-0.25, -0.2) is 0 Å². The van der Waals surface area contributed by atoms with Crippen LogP contribution in [0.4, 0.5) is 0 Å². The summed E-state index contributed by atoms with van der Waals surface area (Å²) in [5.41, 5.74) is 0.282. The first-order chi connectivity index (χ1) is 7.18. The Morgan fingerprint density at radius 2 is 1.73 bits per heavy atom. The van der Waals surface area contributed by atoms with Gasteiger partial charge in [-0.05, 0) is 26.2 Å². The normalized spacial score (nSPS) is 18.9. The van der Waals surface area contributed by atoms with Crippen LogP contribution in [0.3, 0.4) is 0 Å². The summed E-state index contributed by atoms with van der Waals surface area (Å²) in [5, 5.41) is 3.43. The van der Waals surface area contributed by atoms with Crippen molar-refractivity contribution in [2.75, 3.05) is 6.54 Å². The third kappa shape index (κ3) is 5.31. The molecular formula is C13H27NO. The molecule has 0 bridgehead atoms. The maximum atomic E-state index is 10.9. The lowest BCUT2D eigenvalue weighted by Gasteiger charge is -2.37. The fraction of sp³-hybridized carbons (Fsp3) is 0.923. The van der Waals surface area contributed by atoms with Crippen LogP contribution in [0.2, 0.25) is 0 Å². The predicted molar refractivity (Wildman–Crippen MR) is 66.1 cm³/mol. The van der Waals surface area contributed by atoms with E-state index in [0.29, 0.717) is 6.54 Å². The van der Waals surface area contributed by atoms with Crippen LogP contribution in [-0.2, 0) is 4.79 Å². The largest absolute Gasteiger partial charge is 0.304 e. The molecule has 0 saturated heterocycles. The predicted octanol–water partition coefficient (Wildman–Crippen LogP) is 3.30. The number of hydrogen-bond acceptors (Lipinski definition) is 2. The Bertz CT molecular complexity index is 171. The molecule has 15 heavy (non-hydrogen) atoms. The molecule has 0 spiro atoms. The Labute approximate surface area is 94.8 Å². The standard InChI is InChI=1S/C11H21NO.C2H6/c1-3-11(12-9-10(2)13)7-5-4-6-8-11;1-2/h12H,3-9H2,1-2H3;1-2H3. The molecule has 2 heteroatoms. The molecule has 0 aromatic carbocycles. The summed E-state index contributed by atoms with van der Waals surface area (Å²) in [5.74, 6) is 0.249. The van der Waals surface area contributed by atoms with Crippen LogP contribution in [0.15, 0.2) is 0 Å². The molecular weight excluding hydrogens is 186 g/mol. The number of ketones is 1. The van der Waals surface area contributed by atoms with Crippen molar-refractivity contribution in [2.24, 2.45) is 0 Å². The lowest BCUT2D eigenvalue weighted by molar-refractivity contribution is -0.116. The fourth-order valence-corrected chi connectivity index (χ4v) is 2.20. The minimum Gasteiger partial charge on any atom is -0.304 e. The molecule has 0 atom stereocenters.